The summed E-state index contributed by atoms with van der Waals surface area (Å²) in [6, 6.07) is 6.00. The van der Waals surface area contributed by atoms with Crippen LogP contribution in [0.25, 0.3) is 0 Å². The van der Waals surface area contributed by atoms with Crippen molar-refractivity contribution >= 4 is 23.7 Å². The van der Waals surface area contributed by atoms with Crippen molar-refractivity contribution in [3.05, 3.63) is 35.9 Å². The molecule has 1 heterocycles. The first-order chi connectivity index (χ1) is 16.5. The molecule has 1 fully saturated rings. The molecule has 0 aliphatic carbocycles. The lowest BCUT2D eigenvalue weighted by atomic mass is 9.98. The number of carbonyl (C=O) groups excluding carboxylic acids is 3. The van der Waals surface area contributed by atoms with Crippen LogP contribution in [0.3, 0.4) is 0 Å². The molecule has 5 unspecified atom stereocenters. The van der Waals surface area contributed by atoms with Gasteiger partial charge in [0.1, 0.15) is 18.1 Å². The SMILES string of the molecule is CCC(C)C(NC(=O)C1CCCN1C(=O)C(CC(C)C)NC(=O)C(N)Cc1ccccc1)C(=O)O. The van der Waals surface area contributed by atoms with Gasteiger partial charge in [0, 0.05) is 6.54 Å². The Balaban J connectivity index is 2.11. The van der Waals surface area contributed by atoms with Crippen molar-refractivity contribution in [1.29, 1.82) is 0 Å². The summed E-state index contributed by atoms with van der Waals surface area (Å²) in [6.07, 6.45) is 2.41. The molecule has 194 valence electrons. The molecule has 5 atom stereocenters. The summed E-state index contributed by atoms with van der Waals surface area (Å²) in [4.78, 5) is 52.5. The largest absolute Gasteiger partial charge is 0.480 e. The van der Waals surface area contributed by atoms with Crippen LogP contribution in [0.1, 0.15) is 58.9 Å². The molecular formula is C26H40N4O5. The second kappa shape index (κ2) is 13.2. The summed E-state index contributed by atoms with van der Waals surface area (Å²) in [5.41, 5.74) is 7.05. The van der Waals surface area contributed by atoms with Crippen molar-refractivity contribution in [1.82, 2.24) is 15.5 Å². The molecule has 1 saturated heterocycles. The Morgan fingerprint density at radius 1 is 1.11 bits per heavy atom. The summed E-state index contributed by atoms with van der Waals surface area (Å²) in [5, 5.41) is 15.0. The minimum absolute atomic E-state index is 0.117. The maximum atomic E-state index is 13.5. The van der Waals surface area contributed by atoms with Crippen LogP contribution >= 0.6 is 0 Å². The molecule has 9 heteroatoms. The van der Waals surface area contributed by atoms with E-state index in [1.807, 2.05) is 51.1 Å². The number of nitrogens with zero attached hydrogens (tertiary/aromatic N) is 1. The van der Waals surface area contributed by atoms with E-state index >= 15 is 0 Å². The summed E-state index contributed by atoms with van der Waals surface area (Å²) in [6.45, 7) is 7.91. The second-order valence-electron chi connectivity index (χ2n) is 9.89. The molecule has 2 rings (SSSR count). The van der Waals surface area contributed by atoms with Crippen LogP contribution in [-0.4, -0.2) is 64.4 Å². The lowest BCUT2D eigenvalue weighted by Gasteiger charge is -2.31. The van der Waals surface area contributed by atoms with Crippen LogP contribution in [0.5, 0.6) is 0 Å². The monoisotopic (exact) mass is 488 g/mol. The Bertz CT molecular complexity index is 876. The van der Waals surface area contributed by atoms with Gasteiger partial charge in [-0.3, -0.25) is 14.4 Å². The van der Waals surface area contributed by atoms with E-state index in [9.17, 15) is 24.3 Å². The topological polar surface area (TPSA) is 142 Å². The van der Waals surface area contributed by atoms with Crippen molar-refractivity contribution < 1.29 is 24.3 Å². The van der Waals surface area contributed by atoms with E-state index in [4.69, 9.17) is 5.73 Å². The Morgan fingerprint density at radius 3 is 2.34 bits per heavy atom. The summed E-state index contributed by atoms with van der Waals surface area (Å²) < 4.78 is 0. The molecule has 1 aromatic carbocycles. The van der Waals surface area contributed by atoms with Crippen molar-refractivity contribution in [2.45, 2.75) is 84.0 Å². The van der Waals surface area contributed by atoms with Crippen LogP contribution < -0.4 is 16.4 Å². The highest BCUT2D eigenvalue weighted by Crippen LogP contribution is 2.21. The number of likely N-dealkylation sites (tertiary alicyclic amines) is 1. The fourth-order valence-corrected chi connectivity index (χ4v) is 4.37. The number of carboxylic acid groups (broad SMARTS) is 1. The predicted molar refractivity (Wildman–Crippen MR) is 133 cm³/mol. The molecule has 0 radical (unpaired) electrons. The third-order valence-electron chi connectivity index (χ3n) is 6.57. The third-order valence-corrected chi connectivity index (χ3v) is 6.57. The molecule has 35 heavy (non-hydrogen) atoms. The highest BCUT2D eigenvalue weighted by Gasteiger charge is 2.39. The van der Waals surface area contributed by atoms with Crippen molar-refractivity contribution in [3.63, 3.8) is 0 Å². The van der Waals surface area contributed by atoms with Crippen molar-refractivity contribution in [3.8, 4) is 0 Å². The van der Waals surface area contributed by atoms with Crippen LogP contribution in [0.2, 0.25) is 0 Å². The lowest BCUT2D eigenvalue weighted by molar-refractivity contribution is -0.146. The number of nitrogens with one attached hydrogen (secondary N) is 2. The van der Waals surface area contributed by atoms with Gasteiger partial charge in [-0.1, -0.05) is 64.4 Å². The van der Waals surface area contributed by atoms with Crippen molar-refractivity contribution in [2.75, 3.05) is 6.54 Å². The zero-order valence-corrected chi connectivity index (χ0v) is 21.2. The smallest absolute Gasteiger partial charge is 0.326 e. The third kappa shape index (κ3) is 8.06. The molecule has 0 bridgehead atoms. The quantitative estimate of drug-likeness (QED) is 0.353. The van der Waals surface area contributed by atoms with Crippen LogP contribution in [0, 0.1) is 11.8 Å². The molecule has 9 nitrogen and oxygen atoms in total. The van der Waals surface area contributed by atoms with E-state index in [0.717, 1.165) is 5.56 Å². The minimum Gasteiger partial charge on any atom is -0.480 e. The lowest BCUT2D eigenvalue weighted by Crippen LogP contribution is -2.57. The maximum absolute atomic E-state index is 13.5. The van der Waals surface area contributed by atoms with Crippen LogP contribution in [0.15, 0.2) is 30.3 Å². The van der Waals surface area contributed by atoms with Gasteiger partial charge in [0.05, 0.1) is 6.04 Å². The number of rotatable bonds is 12. The summed E-state index contributed by atoms with van der Waals surface area (Å²) in [7, 11) is 0. The van der Waals surface area contributed by atoms with E-state index in [0.29, 0.717) is 38.6 Å². The van der Waals surface area contributed by atoms with E-state index in [1.165, 1.54) is 4.90 Å². The Labute approximate surface area is 207 Å². The summed E-state index contributed by atoms with van der Waals surface area (Å²) in [5.74, 6) is -2.46. The van der Waals surface area contributed by atoms with Crippen LogP contribution in [0.4, 0.5) is 0 Å². The average Bonchev–Trinajstić information content (AvgIpc) is 3.31. The Hall–Kier alpha value is -2.94. The molecule has 1 aliphatic rings. The Kier molecular flexibility index (Phi) is 10.7. The van der Waals surface area contributed by atoms with Gasteiger partial charge >= 0.3 is 5.97 Å². The highest BCUT2D eigenvalue weighted by molar-refractivity contribution is 5.94. The minimum atomic E-state index is -1.10. The van der Waals surface area contributed by atoms with Gasteiger partial charge in [0.25, 0.3) is 0 Å². The van der Waals surface area contributed by atoms with Gasteiger partial charge in [-0.05, 0) is 43.1 Å². The molecule has 1 aromatic rings. The molecule has 3 amide bonds. The van der Waals surface area contributed by atoms with Gasteiger partial charge in [-0.25, -0.2) is 4.79 Å². The molecule has 0 saturated carbocycles. The van der Waals surface area contributed by atoms with Crippen LogP contribution in [-0.2, 0) is 25.6 Å². The van der Waals surface area contributed by atoms with E-state index in [-0.39, 0.29) is 17.7 Å². The van der Waals surface area contributed by atoms with E-state index in [2.05, 4.69) is 10.6 Å². The van der Waals surface area contributed by atoms with Gasteiger partial charge in [-0.2, -0.15) is 0 Å². The van der Waals surface area contributed by atoms with E-state index in [1.54, 1.807) is 6.92 Å². The number of hydrogen-bond donors (Lipinski definition) is 4. The average molecular weight is 489 g/mol. The number of hydrogen-bond acceptors (Lipinski definition) is 5. The van der Waals surface area contributed by atoms with Gasteiger partial charge in [-0.15, -0.1) is 0 Å². The molecule has 5 N–H and O–H groups in total. The first-order valence-corrected chi connectivity index (χ1v) is 12.5. The number of carboxylic acids is 1. The second-order valence-corrected chi connectivity index (χ2v) is 9.89. The first kappa shape index (κ1) is 28.3. The number of nitrogens with two attached hydrogens (primary N) is 1. The highest BCUT2D eigenvalue weighted by atomic mass is 16.4. The fourth-order valence-electron chi connectivity index (χ4n) is 4.37. The zero-order chi connectivity index (χ0) is 26.1. The molecular weight excluding hydrogens is 448 g/mol. The molecule has 1 aliphatic heterocycles. The maximum Gasteiger partial charge on any atom is 0.326 e. The van der Waals surface area contributed by atoms with Gasteiger partial charge < -0.3 is 26.4 Å². The van der Waals surface area contributed by atoms with E-state index < -0.39 is 42.0 Å². The standard InChI is InChI=1S/C26H40N4O5/c1-5-17(4)22(26(34)35)29-24(32)21-12-9-13-30(21)25(33)20(14-16(2)3)28-23(31)19(27)15-18-10-7-6-8-11-18/h6-8,10-11,16-17,19-22H,5,9,12-15,27H2,1-4H3,(H,28,31)(H,29,32)(H,34,35). The molecule has 0 aromatic heterocycles. The fraction of sp³-hybridized carbons (Fsp3) is 0.615. The van der Waals surface area contributed by atoms with Gasteiger partial charge in [0.15, 0.2) is 0 Å². The number of aliphatic carboxylic acids is 1. The predicted octanol–water partition coefficient (Wildman–Crippen LogP) is 1.69. The zero-order valence-electron chi connectivity index (χ0n) is 21.2. The Morgan fingerprint density at radius 2 is 1.77 bits per heavy atom. The van der Waals surface area contributed by atoms with Crippen molar-refractivity contribution in [2.24, 2.45) is 17.6 Å². The van der Waals surface area contributed by atoms with Gasteiger partial charge in [0.2, 0.25) is 17.7 Å². The number of amides is 3. The first-order valence-electron chi connectivity index (χ1n) is 12.5. The normalized spacial score (nSPS) is 19.0. The molecule has 0 spiro atoms. The number of benzene rings is 1. The summed E-state index contributed by atoms with van der Waals surface area (Å²) >= 11 is 0. The number of carbonyl (C=O) groups is 4.